The van der Waals surface area contributed by atoms with E-state index < -0.39 is 0 Å². The van der Waals surface area contributed by atoms with Crippen molar-refractivity contribution in [2.24, 2.45) is 10.9 Å². The van der Waals surface area contributed by atoms with E-state index in [1.54, 1.807) is 0 Å². The van der Waals surface area contributed by atoms with Crippen LogP contribution in [-0.4, -0.2) is 47.5 Å². The molecule has 0 radical (unpaired) electrons. The van der Waals surface area contributed by atoms with Gasteiger partial charge in [-0.1, -0.05) is 49.6 Å². The van der Waals surface area contributed by atoms with Gasteiger partial charge in [-0.2, -0.15) is 0 Å². The van der Waals surface area contributed by atoms with Gasteiger partial charge in [0.2, 0.25) is 0 Å². The highest BCUT2D eigenvalue weighted by atomic mass is 15.5. The van der Waals surface area contributed by atoms with Crippen molar-refractivity contribution in [3.8, 4) is 0 Å². The maximum atomic E-state index is 4.97. The quantitative estimate of drug-likeness (QED) is 0.847. The summed E-state index contributed by atoms with van der Waals surface area (Å²) in [6, 6.07) is 12.2. The van der Waals surface area contributed by atoms with Gasteiger partial charge >= 0.3 is 0 Å². The first-order valence-corrected chi connectivity index (χ1v) is 9.48. The van der Waals surface area contributed by atoms with Crippen LogP contribution in [0.4, 0.5) is 0 Å². The second-order valence-corrected chi connectivity index (χ2v) is 7.39. The molecule has 0 unspecified atom stereocenters. The van der Waals surface area contributed by atoms with Gasteiger partial charge in [-0.15, -0.1) is 0 Å². The summed E-state index contributed by atoms with van der Waals surface area (Å²) >= 11 is 0. The molecule has 124 valence electrons. The largest absolute Gasteiger partial charge is 0.338 e. The molecule has 2 atom stereocenters. The topological polar surface area (TPSA) is 18.8 Å². The summed E-state index contributed by atoms with van der Waals surface area (Å²) in [5.41, 5.74) is 1.45. The minimum absolute atomic E-state index is 0.590. The van der Waals surface area contributed by atoms with Crippen molar-refractivity contribution in [1.82, 2.24) is 9.80 Å². The Hall–Kier alpha value is -1.51. The zero-order valence-electron chi connectivity index (χ0n) is 14.3. The summed E-state index contributed by atoms with van der Waals surface area (Å²) in [4.78, 5) is 10.2. The van der Waals surface area contributed by atoms with Crippen LogP contribution in [0.15, 0.2) is 35.3 Å². The monoisotopic (exact) mass is 311 g/mol. The molecular formula is C20H29N3. The summed E-state index contributed by atoms with van der Waals surface area (Å²) in [6.45, 7) is 5.56. The van der Waals surface area contributed by atoms with E-state index in [2.05, 4.69) is 47.1 Å². The van der Waals surface area contributed by atoms with E-state index >= 15 is 0 Å². The van der Waals surface area contributed by atoms with Crippen LogP contribution in [0.1, 0.15) is 44.6 Å². The summed E-state index contributed by atoms with van der Waals surface area (Å²) in [5, 5.41) is 0. The SMILES string of the molecule is CCN1C2=NC[C@H](C3CCCCC3)N2C[C@@H]1Cc1ccccc1. The molecule has 0 aromatic heterocycles. The highest BCUT2D eigenvalue weighted by molar-refractivity contribution is 5.84. The summed E-state index contributed by atoms with van der Waals surface area (Å²) in [5.74, 6) is 2.17. The predicted octanol–water partition coefficient (Wildman–Crippen LogP) is 3.55. The van der Waals surface area contributed by atoms with Gasteiger partial charge in [0, 0.05) is 13.1 Å². The summed E-state index contributed by atoms with van der Waals surface area (Å²) in [6.07, 6.45) is 8.26. The zero-order valence-corrected chi connectivity index (χ0v) is 14.3. The lowest BCUT2D eigenvalue weighted by molar-refractivity contribution is 0.206. The molecule has 23 heavy (non-hydrogen) atoms. The Morgan fingerprint density at radius 3 is 2.61 bits per heavy atom. The lowest BCUT2D eigenvalue weighted by Crippen LogP contribution is -2.41. The normalized spacial score (nSPS) is 28.1. The summed E-state index contributed by atoms with van der Waals surface area (Å²) < 4.78 is 0. The molecule has 3 nitrogen and oxygen atoms in total. The van der Waals surface area contributed by atoms with Crippen molar-refractivity contribution in [3.05, 3.63) is 35.9 Å². The van der Waals surface area contributed by atoms with Crippen LogP contribution in [0.25, 0.3) is 0 Å². The molecule has 2 fully saturated rings. The number of benzene rings is 1. The van der Waals surface area contributed by atoms with Crippen molar-refractivity contribution in [2.45, 2.75) is 57.5 Å². The van der Waals surface area contributed by atoms with Crippen LogP contribution in [-0.2, 0) is 6.42 Å². The van der Waals surface area contributed by atoms with E-state index in [1.165, 1.54) is 50.2 Å². The van der Waals surface area contributed by atoms with Crippen LogP contribution >= 0.6 is 0 Å². The smallest absolute Gasteiger partial charge is 0.197 e. The average molecular weight is 311 g/mol. The minimum atomic E-state index is 0.590. The zero-order chi connectivity index (χ0) is 15.6. The molecule has 0 spiro atoms. The van der Waals surface area contributed by atoms with Crippen LogP contribution in [0.5, 0.6) is 0 Å². The molecule has 1 aromatic carbocycles. The second-order valence-electron chi connectivity index (χ2n) is 7.39. The fourth-order valence-corrected chi connectivity index (χ4v) is 4.86. The molecular weight excluding hydrogens is 282 g/mol. The number of aliphatic imine (C=N–C) groups is 1. The number of fused-ring (bicyclic) bond motifs is 1. The standard InChI is InChI=1S/C20H29N3/c1-2-22-18(13-16-9-5-3-6-10-16)15-23-19(14-21-20(22)23)17-11-7-4-8-12-17/h3,5-6,9-10,17-19H,2,4,7-8,11-15H2,1H3/t18-,19+/m0/s1. The van der Waals surface area contributed by atoms with Crippen molar-refractivity contribution in [1.29, 1.82) is 0 Å². The Labute approximate surface area is 140 Å². The number of guanidine groups is 1. The van der Waals surface area contributed by atoms with Crippen molar-refractivity contribution in [2.75, 3.05) is 19.6 Å². The number of nitrogens with zero attached hydrogens (tertiary/aromatic N) is 3. The van der Waals surface area contributed by atoms with Gasteiger partial charge in [-0.3, -0.25) is 4.99 Å². The van der Waals surface area contributed by atoms with Crippen molar-refractivity contribution in [3.63, 3.8) is 0 Å². The third kappa shape index (κ3) is 2.86. The van der Waals surface area contributed by atoms with Gasteiger partial charge < -0.3 is 9.80 Å². The first kappa shape index (κ1) is 15.0. The third-order valence-electron chi connectivity index (χ3n) is 6.03. The molecule has 0 N–H and O–H groups in total. The molecule has 3 heteroatoms. The van der Waals surface area contributed by atoms with Crippen LogP contribution < -0.4 is 0 Å². The highest BCUT2D eigenvalue weighted by Gasteiger charge is 2.43. The molecule has 4 rings (SSSR count). The van der Waals surface area contributed by atoms with Crippen LogP contribution in [0.3, 0.4) is 0 Å². The van der Waals surface area contributed by atoms with E-state index in [-0.39, 0.29) is 0 Å². The molecule has 1 aliphatic carbocycles. The lowest BCUT2D eigenvalue weighted by atomic mass is 9.83. The van der Waals surface area contributed by atoms with Gasteiger partial charge in [-0.25, -0.2) is 0 Å². The molecule has 0 bridgehead atoms. The molecule has 1 aromatic rings. The van der Waals surface area contributed by atoms with Gasteiger partial charge in [0.15, 0.2) is 5.96 Å². The molecule has 1 saturated carbocycles. The number of rotatable bonds is 4. The van der Waals surface area contributed by atoms with Crippen molar-refractivity contribution >= 4 is 5.96 Å². The van der Waals surface area contributed by atoms with Gasteiger partial charge in [0.1, 0.15) is 0 Å². The van der Waals surface area contributed by atoms with E-state index in [9.17, 15) is 0 Å². The third-order valence-corrected chi connectivity index (χ3v) is 6.03. The number of hydrogen-bond donors (Lipinski definition) is 0. The Morgan fingerprint density at radius 1 is 1.09 bits per heavy atom. The molecule has 2 heterocycles. The minimum Gasteiger partial charge on any atom is -0.338 e. The van der Waals surface area contributed by atoms with Gasteiger partial charge in [0.05, 0.1) is 18.6 Å². The van der Waals surface area contributed by atoms with E-state index in [0.29, 0.717) is 12.1 Å². The average Bonchev–Trinajstić information content (AvgIpc) is 3.15. The predicted molar refractivity (Wildman–Crippen MR) is 95.7 cm³/mol. The highest BCUT2D eigenvalue weighted by Crippen LogP contribution is 2.35. The second kappa shape index (κ2) is 6.54. The maximum absolute atomic E-state index is 4.97. The van der Waals surface area contributed by atoms with E-state index in [4.69, 9.17) is 4.99 Å². The first-order valence-electron chi connectivity index (χ1n) is 9.48. The summed E-state index contributed by atoms with van der Waals surface area (Å²) in [7, 11) is 0. The van der Waals surface area contributed by atoms with Crippen LogP contribution in [0, 0.1) is 5.92 Å². The lowest BCUT2D eigenvalue weighted by Gasteiger charge is -2.32. The fourth-order valence-electron chi connectivity index (χ4n) is 4.86. The maximum Gasteiger partial charge on any atom is 0.197 e. The fraction of sp³-hybridized carbons (Fsp3) is 0.650. The molecule has 2 aliphatic heterocycles. The Kier molecular flexibility index (Phi) is 4.28. The van der Waals surface area contributed by atoms with Crippen LogP contribution in [0.2, 0.25) is 0 Å². The number of likely N-dealkylation sites (N-methyl/N-ethyl adjacent to an activating group) is 1. The van der Waals surface area contributed by atoms with E-state index in [0.717, 1.165) is 25.4 Å². The first-order chi connectivity index (χ1) is 11.4. The van der Waals surface area contributed by atoms with E-state index in [1.807, 2.05) is 0 Å². The van der Waals surface area contributed by atoms with Crippen molar-refractivity contribution < 1.29 is 0 Å². The Morgan fingerprint density at radius 2 is 1.87 bits per heavy atom. The van der Waals surface area contributed by atoms with Gasteiger partial charge in [-0.05, 0) is 37.7 Å². The van der Waals surface area contributed by atoms with Gasteiger partial charge in [0.25, 0.3) is 0 Å². The molecule has 3 aliphatic rings. The Balaban J connectivity index is 1.48. The Bertz CT molecular complexity index is 547. The number of hydrogen-bond acceptors (Lipinski definition) is 3. The molecule has 0 amide bonds. The molecule has 1 saturated heterocycles.